The molecule has 26 heavy (non-hydrogen) atoms. The molecule has 0 saturated carbocycles. The van der Waals surface area contributed by atoms with Crippen molar-refractivity contribution >= 4 is 27.5 Å². The Morgan fingerprint density at radius 3 is 2.69 bits per heavy atom. The molecule has 0 bridgehead atoms. The summed E-state index contributed by atoms with van der Waals surface area (Å²) in [7, 11) is 0. The lowest BCUT2D eigenvalue weighted by atomic mass is 10.2. The van der Waals surface area contributed by atoms with E-state index in [4.69, 9.17) is 4.74 Å². The Labute approximate surface area is 158 Å². The van der Waals surface area contributed by atoms with Crippen molar-refractivity contribution < 1.29 is 9.53 Å². The highest BCUT2D eigenvalue weighted by Crippen LogP contribution is 2.22. The van der Waals surface area contributed by atoms with Gasteiger partial charge in [-0.05, 0) is 37.0 Å². The molecule has 1 amide bonds. The first kappa shape index (κ1) is 18.5. The minimum Gasteiger partial charge on any atom is -0.377 e. The normalized spacial score (nSPS) is 10.9. The second-order valence-electron chi connectivity index (χ2n) is 6.17. The van der Waals surface area contributed by atoms with E-state index in [9.17, 15) is 4.79 Å². The molecule has 0 spiro atoms. The summed E-state index contributed by atoms with van der Waals surface area (Å²) >= 11 is 1.71. The zero-order valence-corrected chi connectivity index (χ0v) is 15.6. The maximum absolute atomic E-state index is 11.9. The Hall–Kier alpha value is -2.24. The highest BCUT2D eigenvalue weighted by Gasteiger charge is 2.05. The monoisotopic (exact) mass is 368 g/mol. The van der Waals surface area contributed by atoms with Crippen molar-refractivity contribution in [2.45, 2.75) is 32.3 Å². The summed E-state index contributed by atoms with van der Waals surface area (Å²) in [6.07, 6.45) is 3.06. The average molecular weight is 369 g/mol. The van der Waals surface area contributed by atoms with Crippen LogP contribution >= 0.6 is 11.3 Å². The summed E-state index contributed by atoms with van der Waals surface area (Å²) < 4.78 is 6.82. The number of aromatic nitrogens is 1. The topological polar surface area (TPSA) is 51.2 Å². The third-order valence-corrected chi connectivity index (χ3v) is 5.13. The van der Waals surface area contributed by atoms with Crippen LogP contribution in [0.5, 0.6) is 0 Å². The van der Waals surface area contributed by atoms with Crippen molar-refractivity contribution in [1.82, 2.24) is 10.3 Å². The first-order valence-electron chi connectivity index (χ1n) is 9.04. The fourth-order valence-electron chi connectivity index (χ4n) is 2.68. The highest BCUT2D eigenvalue weighted by molar-refractivity contribution is 7.18. The Bertz CT molecular complexity index is 784. The number of thiazole rings is 1. The molecule has 0 saturated heterocycles. The number of carbonyl (C=O) groups is 1. The van der Waals surface area contributed by atoms with Crippen LogP contribution in [0.15, 0.2) is 54.6 Å². The Morgan fingerprint density at radius 2 is 1.85 bits per heavy atom. The molecule has 0 radical (unpaired) electrons. The van der Waals surface area contributed by atoms with Gasteiger partial charge in [0.05, 0.1) is 21.8 Å². The van der Waals surface area contributed by atoms with Crippen molar-refractivity contribution in [1.29, 1.82) is 0 Å². The standard InChI is InChI=1S/C21H24N2O2S/c24-20(22-14-7-15-25-16-17-8-2-1-3-9-17)12-6-13-21-23-18-10-4-5-11-19(18)26-21/h1-5,8-11H,6-7,12-16H2,(H,22,24). The van der Waals surface area contributed by atoms with Crippen LogP contribution in [0.1, 0.15) is 29.8 Å². The zero-order chi connectivity index (χ0) is 18.0. The second kappa shape index (κ2) is 10.0. The Kier molecular flexibility index (Phi) is 7.16. The van der Waals surface area contributed by atoms with Crippen LogP contribution in [-0.4, -0.2) is 24.0 Å². The van der Waals surface area contributed by atoms with Gasteiger partial charge in [-0.15, -0.1) is 11.3 Å². The molecule has 0 aliphatic carbocycles. The number of rotatable bonds is 10. The molecule has 0 aliphatic heterocycles. The fourth-order valence-corrected chi connectivity index (χ4v) is 3.69. The lowest BCUT2D eigenvalue weighted by Gasteiger charge is -2.06. The number of ether oxygens (including phenoxy) is 1. The number of amides is 1. The van der Waals surface area contributed by atoms with Gasteiger partial charge in [0.25, 0.3) is 0 Å². The predicted molar refractivity (Wildman–Crippen MR) is 106 cm³/mol. The molecule has 5 heteroatoms. The van der Waals surface area contributed by atoms with Gasteiger partial charge in [-0.1, -0.05) is 42.5 Å². The van der Waals surface area contributed by atoms with E-state index in [2.05, 4.69) is 16.4 Å². The predicted octanol–water partition coefficient (Wildman–Crippen LogP) is 4.34. The fraction of sp³-hybridized carbons (Fsp3) is 0.333. The van der Waals surface area contributed by atoms with Crippen LogP contribution < -0.4 is 5.32 Å². The molecule has 4 nitrogen and oxygen atoms in total. The van der Waals surface area contributed by atoms with Gasteiger partial charge in [-0.25, -0.2) is 4.98 Å². The summed E-state index contributed by atoms with van der Waals surface area (Å²) in [5, 5.41) is 4.06. The zero-order valence-electron chi connectivity index (χ0n) is 14.8. The first-order valence-corrected chi connectivity index (χ1v) is 9.86. The molecule has 0 fully saturated rings. The number of fused-ring (bicyclic) bond motifs is 1. The van der Waals surface area contributed by atoms with E-state index in [-0.39, 0.29) is 5.91 Å². The summed E-state index contributed by atoms with van der Waals surface area (Å²) in [5.41, 5.74) is 2.22. The van der Waals surface area contributed by atoms with Crippen molar-refractivity contribution in [3.63, 3.8) is 0 Å². The van der Waals surface area contributed by atoms with Crippen LogP contribution in [-0.2, 0) is 22.6 Å². The summed E-state index contributed by atoms with van der Waals surface area (Å²) in [6.45, 7) is 1.94. The highest BCUT2D eigenvalue weighted by atomic mass is 32.1. The van der Waals surface area contributed by atoms with Crippen molar-refractivity contribution in [3.05, 3.63) is 65.2 Å². The maximum Gasteiger partial charge on any atom is 0.220 e. The number of carbonyl (C=O) groups excluding carboxylic acids is 1. The third kappa shape index (κ3) is 5.93. The number of para-hydroxylation sites is 1. The van der Waals surface area contributed by atoms with Gasteiger partial charge >= 0.3 is 0 Å². The molecule has 3 rings (SSSR count). The summed E-state index contributed by atoms with van der Waals surface area (Å²) in [5.74, 6) is 0.106. The number of hydrogen-bond donors (Lipinski definition) is 1. The van der Waals surface area contributed by atoms with Crippen LogP contribution in [0.25, 0.3) is 10.2 Å². The van der Waals surface area contributed by atoms with Gasteiger partial charge < -0.3 is 10.1 Å². The molecular formula is C21H24N2O2S. The number of benzene rings is 2. The smallest absolute Gasteiger partial charge is 0.220 e. The summed E-state index contributed by atoms with van der Waals surface area (Å²) in [6, 6.07) is 18.3. The molecule has 0 unspecified atom stereocenters. The number of hydrogen-bond acceptors (Lipinski definition) is 4. The van der Waals surface area contributed by atoms with E-state index >= 15 is 0 Å². The van der Waals surface area contributed by atoms with Crippen molar-refractivity contribution in [2.24, 2.45) is 0 Å². The van der Waals surface area contributed by atoms with Gasteiger partial charge in [0.15, 0.2) is 0 Å². The van der Waals surface area contributed by atoms with Gasteiger partial charge in [0.2, 0.25) is 5.91 Å². The molecule has 3 aromatic rings. The minimum atomic E-state index is 0.106. The van der Waals surface area contributed by atoms with E-state index in [1.54, 1.807) is 11.3 Å². The van der Waals surface area contributed by atoms with Crippen LogP contribution in [0.3, 0.4) is 0 Å². The average Bonchev–Trinajstić information content (AvgIpc) is 3.08. The molecule has 1 N–H and O–H groups in total. The van der Waals surface area contributed by atoms with E-state index < -0.39 is 0 Å². The quantitative estimate of drug-likeness (QED) is 0.542. The van der Waals surface area contributed by atoms with Gasteiger partial charge in [0.1, 0.15) is 0 Å². The minimum absolute atomic E-state index is 0.106. The molecule has 2 aromatic carbocycles. The molecule has 1 aromatic heterocycles. The number of nitrogens with zero attached hydrogens (tertiary/aromatic N) is 1. The van der Waals surface area contributed by atoms with E-state index in [1.165, 1.54) is 10.3 Å². The van der Waals surface area contributed by atoms with Gasteiger partial charge in [0, 0.05) is 19.6 Å². The van der Waals surface area contributed by atoms with Crippen molar-refractivity contribution in [3.8, 4) is 0 Å². The number of nitrogens with one attached hydrogen (secondary N) is 1. The van der Waals surface area contributed by atoms with Crippen molar-refractivity contribution in [2.75, 3.05) is 13.2 Å². The van der Waals surface area contributed by atoms with E-state index in [0.29, 0.717) is 26.2 Å². The Balaban J connectivity index is 1.24. The molecule has 136 valence electrons. The largest absolute Gasteiger partial charge is 0.377 e. The van der Waals surface area contributed by atoms with Gasteiger partial charge in [-0.2, -0.15) is 0 Å². The molecule has 0 aliphatic rings. The third-order valence-electron chi connectivity index (χ3n) is 4.03. The lowest BCUT2D eigenvalue weighted by Crippen LogP contribution is -2.25. The second-order valence-corrected chi connectivity index (χ2v) is 7.29. The first-order chi connectivity index (χ1) is 12.8. The van der Waals surface area contributed by atoms with Gasteiger partial charge in [-0.3, -0.25) is 4.79 Å². The maximum atomic E-state index is 11.9. The van der Waals surface area contributed by atoms with E-state index in [1.807, 2.05) is 48.5 Å². The summed E-state index contributed by atoms with van der Waals surface area (Å²) in [4.78, 5) is 16.5. The Morgan fingerprint density at radius 1 is 1.04 bits per heavy atom. The SMILES string of the molecule is O=C(CCCc1nc2ccccc2s1)NCCCOCc1ccccc1. The molecule has 0 atom stereocenters. The van der Waals surface area contributed by atoms with Crippen LogP contribution in [0, 0.1) is 0 Å². The van der Waals surface area contributed by atoms with Crippen LogP contribution in [0.2, 0.25) is 0 Å². The number of aryl methyl sites for hydroxylation is 1. The molecular weight excluding hydrogens is 344 g/mol. The van der Waals surface area contributed by atoms with Crippen LogP contribution in [0.4, 0.5) is 0 Å². The van der Waals surface area contributed by atoms with E-state index in [0.717, 1.165) is 29.8 Å². The lowest BCUT2D eigenvalue weighted by molar-refractivity contribution is -0.121. The molecule has 1 heterocycles.